The summed E-state index contributed by atoms with van der Waals surface area (Å²) < 4.78 is 5.65. The van der Waals surface area contributed by atoms with E-state index in [-0.39, 0.29) is 5.75 Å². The van der Waals surface area contributed by atoms with E-state index >= 15 is 0 Å². The lowest BCUT2D eigenvalue weighted by atomic mass is 9.85. The minimum absolute atomic E-state index is 0.0351. The quantitative estimate of drug-likeness (QED) is 0.515. The minimum atomic E-state index is -1.48. The zero-order chi connectivity index (χ0) is 20.7. The van der Waals surface area contributed by atoms with E-state index in [1.54, 1.807) is 12.1 Å². The van der Waals surface area contributed by atoms with Gasteiger partial charge in [-0.25, -0.2) is 0 Å². The van der Waals surface area contributed by atoms with Gasteiger partial charge in [0.1, 0.15) is 36.3 Å². The van der Waals surface area contributed by atoms with Gasteiger partial charge in [-0.3, -0.25) is 0 Å². The van der Waals surface area contributed by atoms with E-state index in [1.165, 1.54) is 16.7 Å². The summed E-state index contributed by atoms with van der Waals surface area (Å²) in [6.07, 6.45) is -2.73. The summed E-state index contributed by atoms with van der Waals surface area (Å²) in [4.78, 5) is 0. The molecular formula is C23H28O6. The van der Waals surface area contributed by atoms with Gasteiger partial charge in [0.05, 0.1) is 6.61 Å². The summed E-state index contributed by atoms with van der Waals surface area (Å²) in [5.74, 6) is -0.0351. The third-order valence-corrected chi connectivity index (χ3v) is 6.26. The van der Waals surface area contributed by atoms with Crippen molar-refractivity contribution in [3.05, 3.63) is 63.7 Å². The number of phenolic OH excluding ortho intramolecular Hbond substituents is 1. The van der Waals surface area contributed by atoms with Gasteiger partial charge in [-0.2, -0.15) is 0 Å². The Balaban J connectivity index is 1.68. The maximum Gasteiger partial charge on any atom is 0.121 e. The normalized spacial score (nSPS) is 28.7. The molecule has 6 heteroatoms. The van der Waals surface area contributed by atoms with E-state index in [9.17, 15) is 25.5 Å². The molecule has 0 amide bonds. The van der Waals surface area contributed by atoms with Crippen molar-refractivity contribution in [1.82, 2.24) is 0 Å². The average Bonchev–Trinajstić information content (AvgIpc) is 2.70. The largest absolute Gasteiger partial charge is 0.508 e. The number of hydrogen-bond donors (Lipinski definition) is 5. The predicted octanol–water partition coefficient (Wildman–Crippen LogP) is 1.16. The fourth-order valence-electron chi connectivity index (χ4n) is 4.35. The van der Waals surface area contributed by atoms with E-state index in [0.29, 0.717) is 12.0 Å². The van der Waals surface area contributed by atoms with Crippen molar-refractivity contribution in [3.8, 4) is 5.75 Å². The number of rotatable bonds is 5. The van der Waals surface area contributed by atoms with Crippen molar-refractivity contribution in [1.29, 1.82) is 0 Å². The molecule has 2 aromatic carbocycles. The molecular weight excluding hydrogens is 372 g/mol. The second-order valence-corrected chi connectivity index (χ2v) is 8.06. The first-order valence-electron chi connectivity index (χ1n) is 10.2. The van der Waals surface area contributed by atoms with Crippen molar-refractivity contribution >= 4 is 0 Å². The number of fused-ring (bicyclic) bond motifs is 1. The van der Waals surface area contributed by atoms with Crippen LogP contribution in [-0.4, -0.2) is 56.6 Å². The van der Waals surface area contributed by atoms with Crippen LogP contribution in [0.15, 0.2) is 30.3 Å². The molecule has 6 nitrogen and oxygen atoms in total. The summed E-state index contributed by atoms with van der Waals surface area (Å²) in [5.41, 5.74) is 6.32. The molecule has 0 saturated carbocycles. The molecule has 1 aliphatic heterocycles. The number of hydrogen-bond acceptors (Lipinski definition) is 6. The smallest absolute Gasteiger partial charge is 0.121 e. The van der Waals surface area contributed by atoms with Crippen LogP contribution in [-0.2, 0) is 30.4 Å². The summed E-state index contributed by atoms with van der Waals surface area (Å²) in [6, 6.07) is 9.99. The number of aromatic hydroxyl groups is 1. The summed E-state index contributed by atoms with van der Waals surface area (Å²) in [6.45, 7) is 1.51. The molecule has 0 unspecified atom stereocenters. The monoisotopic (exact) mass is 400 g/mol. The lowest BCUT2D eigenvalue weighted by Gasteiger charge is -2.40. The number of benzene rings is 2. The third-order valence-electron chi connectivity index (χ3n) is 6.26. The second-order valence-electron chi connectivity index (χ2n) is 8.06. The van der Waals surface area contributed by atoms with Gasteiger partial charge < -0.3 is 30.3 Å². The molecule has 156 valence electrons. The minimum Gasteiger partial charge on any atom is -0.508 e. The van der Waals surface area contributed by atoms with E-state index in [2.05, 4.69) is 18.2 Å². The first-order valence-corrected chi connectivity index (χ1v) is 10.2. The molecule has 2 aliphatic rings. The molecule has 1 fully saturated rings. The standard InChI is InChI=1S/C23H28O6/c1-2-13-10-18(25)17(23-22(28)21(27)20(26)19(11-24)29-23)9-16(13)8-12-3-4-14-5-6-15(14)7-12/h3-4,7,9-10,19-28H,2,5-6,8,11H2,1H3/t19-,20-,21+,22-,23+/m1/s1. The molecule has 4 rings (SSSR count). The van der Waals surface area contributed by atoms with Crippen molar-refractivity contribution < 1.29 is 30.3 Å². The Morgan fingerprint density at radius 1 is 0.931 bits per heavy atom. The molecule has 0 bridgehead atoms. The van der Waals surface area contributed by atoms with Gasteiger partial charge in [-0.05, 0) is 65.6 Å². The van der Waals surface area contributed by atoms with Gasteiger partial charge in [0.15, 0.2) is 0 Å². The fourth-order valence-corrected chi connectivity index (χ4v) is 4.35. The van der Waals surface area contributed by atoms with E-state index < -0.39 is 37.1 Å². The van der Waals surface area contributed by atoms with Gasteiger partial charge in [0.25, 0.3) is 0 Å². The van der Waals surface area contributed by atoms with Crippen molar-refractivity contribution in [2.75, 3.05) is 6.61 Å². The predicted molar refractivity (Wildman–Crippen MR) is 107 cm³/mol. The summed E-state index contributed by atoms with van der Waals surface area (Å²) in [7, 11) is 0. The van der Waals surface area contributed by atoms with E-state index in [0.717, 1.165) is 30.4 Å². The molecule has 1 saturated heterocycles. The first-order chi connectivity index (χ1) is 13.9. The number of aliphatic hydroxyl groups excluding tert-OH is 4. The fraction of sp³-hybridized carbons (Fsp3) is 0.478. The van der Waals surface area contributed by atoms with Crippen molar-refractivity contribution in [2.24, 2.45) is 0 Å². The van der Waals surface area contributed by atoms with Crippen LogP contribution < -0.4 is 0 Å². The average molecular weight is 400 g/mol. The Labute approximate surface area is 170 Å². The summed E-state index contributed by atoms with van der Waals surface area (Å²) >= 11 is 0. The highest BCUT2D eigenvalue weighted by Crippen LogP contribution is 2.38. The van der Waals surface area contributed by atoms with Crippen molar-refractivity contribution in [3.63, 3.8) is 0 Å². The SMILES string of the molecule is CCc1cc(O)c([C@@H]2O[C@H](CO)[C@@H](O)[C@H](O)[C@H]2O)cc1Cc1ccc2c(c1)CC2. The van der Waals surface area contributed by atoms with Gasteiger partial charge in [-0.15, -0.1) is 0 Å². The van der Waals surface area contributed by atoms with E-state index in [4.69, 9.17) is 4.74 Å². The lowest BCUT2D eigenvalue weighted by Crippen LogP contribution is -2.55. The maximum atomic E-state index is 10.6. The van der Waals surface area contributed by atoms with Crippen LogP contribution in [0.5, 0.6) is 5.75 Å². The molecule has 0 spiro atoms. The molecule has 1 aliphatic carbocycles. The van der Waals surface area contributed by atoms with Gasteiger partial charge in [0, 0.05) is 5.56 Å². The third kappa shape index (κ3) is 3.67. The number of aryl methyl sites for hydroxylation is 3. The number of ether oxygens (including phenoxy) is 1. The molecule has 0 aromatic heterocycles. The zero-order valence-corrected chi connectivity index (χ0v) is 16.5. The van der Waals surface area contributed by atoms with Crippen LogP contribution in [0, 0.1) is 0 Å². The summed E-state index contributed by atoms with van der Waals surface area (Å²) in [5, 5.41) is 50.6. The number of aliphatic hydroxyl groups is 4. The Morgan fingerprint density at radius 2 is 1.69 bits per heavy atom. The Hall–Kier alpha value is -1.96. The van der Waals surface area contributed by atoms with Crippen LogP contribution >= 0.6 is 0 Å². The van der Waals surface area contributed by atoms with Crippen LogP contribution in [0.4, 0.5) is 0 Å². The second kappa shape index (κ2) is 8.05. The van der Waals surface area contributed by atoms with Crippen LogP contribution in [0.3, 0.4) is 0 Å². The molecule has 29 heavy (non-hydrogen) atoms. The Morgan fingerprint density at radius 3 is 2.31 bits per heavy atom. The molecule has 1 heterocycles. The topological polar surface area (TPSA) is 110 Å². The highest BCUT2D eigenvalue weighted by atomic mass is 16.5. The Kier molecular flexibility index (Phi) is 5.64. The molecule has 0 radical (unpaired) electrons. The Bertz CT molecular complexity index is 893. The highest BCUT2D eigenvalue weighted by molar-refractivity contribution is 5.47. The van der Waals surface area contributed by atoms with E-state index in [1.807, 2.05) is 6.92 Å². The van der Waals surface area contributed by atoms with Crippen LogP contribution in [0.2, 0.25) is 0 Å². The van der Waals surface area contributed by atoms with Gasteiger partial charge >= 0.3 is 0 Å². The highest BCUT2D eigenvalue weighted by Gasteiger charge is 2.44. The van der Waals surface area contributed by atoms with Crippen LogP contribution in [0.25, 0.3) is 0 Å². The number of phenols is 1. The van der Waals surface area contributed by atoms with Gasteiger partial charge in [0.2, 0.25) is 0 Å². The lowest BCUT2D eigenvalue weighted by molar-refractivity contribution is -0.232. The van der Waals surface area contributed by atoms with Crippen LogP contribution in [0.1, 0.15) is 46.4 Å². The molecule has 2 aromatic rings. The van der Waals surface area contributed by atoms with Crippen molar-refractivity contribution in [2.45, 2.75) is 63.1 Å². The molecule has 5 atom stereocenters. The molecule has 5 N–H and O–H groups in total. The first kappa shape index (κ1) is 20.3. The van der Waals surface area contributed by atoms with Gasteiger partial charge in [-0.1, -0.05) is 25.1 Å². The maximum absolute atomic E-state index is 10.6. The zero-order valence-electron chi connectivity index (χ0n) is 16.5.